The van der Waals surface area contributed by atoms with Crippen molar-refractivity contribution in [3.8, 4) is 0 Å². The molecular weight excluding hydrogens is 276 g/mol. The Morgan fingerprint density at radius 3 is 2.38 bits per heavy atom. The number of benzene rings is 3. The summed E-state index contributed by atoms with van der Waals surface area (Å²) in [7, 11) is 0. The lowest BCUT2D eigenvalue weighted by atomic mass is 9.97. The van der Waals surface area contributed by atoms with Gasteiger partial charge in [-0.15, -0.1) is 11.6 Å². The molecule has 0 saturated heterocycles. The number of fused-ring (bicyclic) bond motifs is 1. The minimum absolute atomic E-state index is 0.0299. The molecule has 0 radical (unpaired) electrons. The molecule has 0 saturated carbocycles. The van der Waals surface area contributed by atoms with E-state index in [2.05, 4.69) is 73.7 Å². The van der Waals surface area contributed by atoms with Crippen LogP contribution < -0.4 is 0 Å². The summed E-state index contributed by atoms with van der Waals surface area (Å²) in [5.74, 6) is 0. The predicted molar refractivity (Wildman–Crippen MR) is 92.1 cm³/mol. The van der Waals surface area contributed by atoms with Gasteiger partial charge in [-0.3, -0.25) is 0 Å². The topological polar surface area (TPSA) is 0 Å². The zero-order chi connectivity index (χ0) is 14.7. The Balaban J connectivity index is 1.87. The first-order valence-corrected chi connectivity index (χ1v) is 7.91. The van der Waals surface area contributed by atoms with Crippen LogP contribution in [0.1, 0.15) is 29.0 Å². The number of rotatable bonds is 4. The van der Waals surface area contributed by atoms with E-state index in [-0.39, 0.29) is 5.38 Å². The Morgan fingerprint density at radius 2 is 1.57 bits per heavy atom. The maximum absolute atomic E-state index is 6.68. The molecule has 0 nitrogen and oxygen atoms in total. The van der Waals surface area contributed by atoms with Crippen molar-refractivity contribution in [2.75, 3.05) is 0 Å². The average Bonchev–Trinajstić information content (AvgIpc) is 2.54. The summed E-state index contributed by atoms with van der Waals surface area (Å²) >= 11 is 6.68. The molecule has 1 unspecified atom stereocenters. The molecule has 21 heavy (non-hydrogen) atoms. The Hall–Kier alpha value is -1.79. The molecule has 0 fully saturated rings. The van der Waals surface area contributed by atoms with Crippen LogP contribution >= 0.6 is 11.6 Å². The predicted octanol–water partition coefficient (Wildman–Crippen LogP) is 5.92. The van der Waals surface area contributed by atoms with Crippen molar-refractivity contribution in [3.05, 3.63) is 83.4 Å². The van der Waals surface area contributed by atoms with Crippen molar-refractivity contribution in [1.82, 2.24) is 0 Å². The largest absolute Gasteiger partial charge is 0.117 e. The van der Waals surface area contributed by atoms with Gasteiger partial charge < -0.3 is 0 Å². The van der Waals surface area contributed by atoms with E-state index >= 15 is 0 Å². The highest BCUT2D eigenvalue weighted by Crippen LogP contribution is 2.29. The Labute approximate surface area is 131 Å². The SMILES string of the molecule is CCc1ccccc1C(Cl)Cc1ccc2ccccc2c1. The first-order chi connectivity index (χ1) is 10.3. The first kappa shape index (κ1) is 14.2. The van der Waals surface area contributed by atoms with Crippen molar-refractivity contribution in [2.24, 2.45) is 0 Å². The van der Waals surface area contributed by atoms with E-state index in [4.69, 9.17) is 11.6 Å². The summed E-state index contributed by atoms with van der Waals surface area (Å²) in [6.45, 7) is 2.18. The summed E-state index contributed by atoms with van der Waals surface area (Å²) in [5, 5.41) is 2.59. The van der Waals surface area contributed by atoms with Gasteiger partial charge in [-0.1, -0.05) is 73.7 Å². The molecule has 0 aliphatic rings. The average molecular weight is 295 g/mol. The fourth-order valence-corrected chi connectivity index (χ4v) is 3.24. The fourth-order valence-electron chi connectivity index (χ4n) is 2.84. The third-order valence-corrected chi connectivity index (χ3v) is 4.39. The van der Waals surface area contributed by atoms with E-state index in [1.807, 2.05) is 0 Å². The van der Waals surface area contributed by atoms with Gasteiger partial charge in [-0.05, 0) is 40.3 Å². The van der Waals surface area contributed by atoms with Crippen LogP contribution in [0, 0.1) is 0 Å². The van der Waals surface area contributed by atoms with Crippen LogP contribution in [0.2, 0.25) is 0 Å². The molecule has 0 spiro atoms. The number of hydrogen-bond acceptors (Lipinski definition) is 0. The lowest BCUT2D eigenvalue weighted by molar-refractivity contribution is 0.897. The number of aryl methyl sites for hydroxylation is 1. The van der Waals surface area contributed by atoms with E-state index in [0.29, 0.717) is 0 Å². The Morgan fingerprint density at radius 1 is 0.857 bits per heavy atom. The molecule has 3 rings (SSSR count). The first-order valence-electron chi connectivity index (χ1n) is 7.47. The minimum atomic E-state index is 0.0299. The van der Waals surface area contributed by atoms with Crippen LogP contribution in [-0.4, -0.2) is 0 Å². The monoisotopic (exact) mass is 294 g/mol. The van der Waals surface area contributed by atoms with Crippen LogP contribution in [0.3, 0.4) is 0 Å². The minimum Gasteiger partial charge on any atom is -0.117 e. The maximum Gasteiger partial charge on any atom is 0.0628 e. The molecule has 0 aromatic heterocycles. The van der Waals surface area contributed by atoms with E-state index in [0.717, 1.165) is 12.8 Å². The van der Waals surface area contributed by atoms with Gasteiger partial charge in [0.2, 0.25) is 0 Å². The van der Waals surface area contributed by atoms with Gasteiger partial charge in [0, 0.05) is 0 Å². The molecule has 0 heterocycles. The molecule has 3 aromatic rings. The second-order valence-corrected chi connectivity index (χ2v) is 5.93. The van der Waals surface area contributed by atoms with Gasteiger partial charge >= 0.3 is 0 Å². The summed E-state index contributed by atoms with van der Waals surface area (Å²) in [6, 6.07) is 23.5. The Bertz CT molecular complexity index is 745. The summed E-state index contributed by atoms with van der Waals surface area (Å²) in [5.41, 5.74) is 3.90. The Kier molecular flexibility index (Phi) is 4.26. The van der Waals surface area contributed by atoms with Crippen molar-refractivity contribution >= 4 is 22.4 Å². The fraction of sp³-hybridized carbons (Fsp3) is 0.200. The van der Waals surface area contributed by atoms with Gasteiger partial charge in [0.05, 0.1) is 5.38 Å². The van der Waals surface area contributed by atoms with E-state index < -0.39 is 0 Å². The molecule has 0 amide bonds. The van der Waals surface area contributed by atoms with Crippen molar-refractivity contribution in [2.45, 2.75) is 25.1 Å². The number of alkyl halides is 1. The second kappa shape index (κ2) is 6.32. The van der Waals surface area contributed by atoms with Gasteiger partial charge in [-0.25, -0.2) is 0 Å². The van der Waals surface area contributed by atoms with E-state index in [9.17, 15) is 0 Å². The lowest BCUT2D eigenvalue weighted by Gasteiger charge is -2.14. The van der Waals surface area contributed by atoms with E-state index in [1.165, 1.54) is 27.5 Å². The molecule has 3 aromatic carbocycles. The molecule has 0 aliphatic heterocycles. The van der Waals surface area contributed by atoms with Gasteiger partial charge in [0.15, 0.2) is 0 Å². The highest BCUT2D eigenvalue weighted by molar-refractivity contribution is 6.21. The third kappa shape index (κ3) is 3.11. The van der Waals surface area contributed by atoms with Crippen LogP contribution in [0.25, 0.3) is 10.8 Å². The highest BCUT2D eigenvalue weighted by atomic mass is 35.5. The van der Waals surface area contributed by atoms with Gasteiger partial charge in [-0.2, -0.15) is 0 Å². The second-order valence-electron chi connectivity index (χ2n) is 5.41. The molecule has 0 aliphatic carbocycles. The van der Waals surface area contributed by atoms with Crippen LogP contribution in [0.5, 0.6) is 0 Å². The molecule has 1 heteroatoms. The molecule has 0 bridgehead atoms. The standard InChI is InChI=1S/C20H19Cl/c1-2-16-7-5-6-10-19(16)20(21)14-15-11-12-17-8-3-4-9-18(17)13-15/h3-13,20H,2,14H2,1H3. The summed E-state index contributed by atoms with van der Waals surface area (Å²) in [6.07, 6.45) is 1.89. The quantitative estimate of drug-likeness (QED) is 0.524. The maximum atomic E-state index is 6.68. The normalized spacial score (nSPS) is 12.5. The van der Waals surface area contributed by atoms with Gasteiger partial charge in [0.25, 0.3) is 0 Å². The van der Waals surface area contributed by atoms with Crippen LogP contribution in [0.15, 0.2) is 66.7 Å². The molecular formula is C20H19Cl. The molecule has 0 N–H and O–H groups in total. The molecule has 106 valence electrons. The molecule has 1 atom stereocenters. The number of halogens is 1. The van der Waals surface area contributed by atoms with E-state index in [1.54, 1.807) is 0 Å². The van der Waals surface area contributed by atoms with Crippen LogP contribution in [0.4, 0.5) is 0 Å². The summed E-state index contributed by atoms with van der Waals surface area (Å²) in [4.78, 5) is 0. The summed E-state index contributed by atoms with van der Waals surface area (Å²) < 4.78 is 0. The van der Waals surface area contributed by atoms with Gasteiger partial charge in [0.1, 0.15) is 0 Å². The zero-order valence-corrected chi connectivity index (χ0v) is 13.0. The van der Waals surface area contributed by atoms with Crippen molar-refractivity contribution < 1.29 is 0 Å². The smallest absolute Gasteiger partial charge is 0.0628 e. The van der Waals surface area contributed by atoms with Crippen molar-refractivity contribution in [3.63, 3.8) is 0 Å². The highest BCUT2D eigenvalue weighted by Gasteiger charge is 2.12. The zero-order valence-electron chi connectivity index (χ0n) is 12.2. The van der Waals surface area contributed by atoms with Crippen LogP contribution in [-0.2, 0) is 12.8 Å². The van der Waals surface area contributed by atoms with Crippen molar-refractivity contribution in [1.29, 1.82) is 0 Å². The lowest BCUT2D eigenvalue weighted by Crippen LogP contribution is -2.00. The third-order valence-electron chi connectivity index (χ3n) is 4.00. The number of hydrogen-bond donors (Lipinski definition) is 0.